The summed E-state index contributed by atoms with van der Waals surface area (Å²) in [6, 6.07) is 10.5. The zero-order chi connectivity index (χ0) is 21.5. The van der Waals surface area contributed by atoms with Gasteiger partial charge in [0.2, 0.25) is 6.41 Å². The number of hydrogen-bond acceptors (Lipinski definition) is 4. The first-order chi connectivity index (χ1) is 15.1. The Balaban J connectivity index is 1.78. The number of aromatic nitrogens is 3. The molecule has 1 aliphatic carbocycles. The number of aryl methyl sites for hydroxylation is 3. The molecule has 0 unspecified atom stereocenters. The summed E-state index contributed by atoms with van der Waals surface area (Å²) in [5.41, 5.74) is 9.18. The zero-order valence-electron chi connectivity index (χ0n) is 17.8. The molecule has 1 fully saturated rings. The van der Waals surface area contributed by atoms with Crippen LogP contribution in [-0.4, -0.2) is 21.5 Å². The Labute approximate surface area is 180 Å². The van der Waals surface area contributed by atoms with E-state index in [1.165, 1.54) is 12.8 Å². The van der Waals surface area contributed by atoms with E-state index in [-0.39, 0.29) is 0 Å². The number of nitrogens with one attached hydrogen (secondary N) is 2. The third kappa shape index (κ3) is 3.44. The molecule has 2 heterocycles. The number of H-pyrrole nitrogens is 1. The van der Waals surface area contributed by atoms with Crippen LogP contribution in [0.5, 0.6) is 0 Å². The average molecular weight is 412 g/mol. The molecule has 0 atom stereocenters. The first-order valence-corrected chi connectivity index (χ1v) is 10.5. The van der Waals surface area contributed by atoms with E-state index in [9.17, 15) is 4.79 Å². The van der Waals surface area contributed by atoms with Crippen molar-refractivity contribution in [2.45, 2.75) is 39.5 Å². The number of imidazole rings is 1. The minimum absolute atomic E-state index is 0.524. The Morgan fingerprint density at radius 1 is 1.16 bits per heavy atom. The average Bonchev–Trinajstić information content (AvgIpc) is 3.43. The number of amides is 1. The molecule has 1 aliphatic rings. The van der Waals surface area contributed by atoms with Gasteiger partial charge in [-0.3, -0.25) is 4.79 Å². The molecule has 0 aliphatic heterocycles. The maximum absolute atomic E-state index is 10.7. The molecule has 2 N–H and O–H groups in total. The second-order valence-electron chi connectivity index (χ2n) is 8.17. The zero-order valence-corrected chi connectivity index (χ0v) is 17.8. The molecule has 1 saturated carbocycles. The molecule has 6 heteroatoms. The smallest absolute Gasteiger partial charge is 0.211 e. The summed E-state index contributed by atoms with van der Waals surface area (Å²) >= 11 is 0. The topological polar surface area (TPSA) is 83.8 Å². The maximum atomic E-state index is 10.7. The molecule has 2 aromatic heterocycles. The van der Waals surface area contributed by atoms with Crippen LogP contribution in [0.1, 0.15) is 47.2 Å². The molecule has 0 saturated heterocycles. The lowest BCUT2D eigenvalue weighted by Gasteiger charge is -2.12. The van der Waals surface area contributed by atoms with Crippen molar-refractivity contribution >= 4 is 23.5 Å². The number of rotatable bonds is 6. The van der Waals surface area contributed by atoms with Gasteiger partial charge < -0.3 is 14.8 Å². The number of carbonyl (C=O) groups is 1. The van der Waals surface area contributed by atoms with Crippen molar-refractivity contribution in [1.82, 2.24) is 20.4 Å². The first-order valence-electron chi connectivity index (χ1n) is 10.5. The molecule has 1 amide bonds. The first kappa shape index (κ1) is 19.3. The number of aromatic amines is 1. The highest BCUT2D eigenvalue weighted by Crippen LogP contribution is 2.42. The van der Waals surface area contributed by atoms with Crippen molar-refractivity contribution in [3.63, 3.8) is 0 Å². The molecule has 6 nitrogen and oxygen atoms in total. The maximum Gasteiger partial charge on any atom is 0.211 e. The van der Waals surface area contributed by atoms with Crippen molar-refractivity contribution in [1.29, 1.82) is 0 Å². The third-order valence-corrected chi connectivity index (χ3v) is 5.92. The molecule has 0 spiro atoms. The van der Waals surface area contributed by atoms with Crippen LogP contribution < -0.4 is 5.32 Å². The highest BCUT2D eigenvalue weighted by molar-refractivity contribution is 5.98. The molecule has 31 heavy (non-hydrogen) atoms. The van der Waals surface area contributed by atoms with E-state index < -0.39 is 0 Å². The van der Waals surface area contributed by atoms with Gasteiger partial charge in [-0.1, -0.05) is 23.4 Å². The quantitative estimate of drug-likeness (QED) is 0.415. The fourth-order valence-electron chi connectivity index (χ4n) is 4.24. The summed E-state index contributed by atoms with van der Waals surface area (Å²) in [5.74, 6) is 2.38. The van der Waals surface area contributed by atoms with E-state index in [4.69, 9.17) is 9.51 Å². The molecule has 0 bridgehead atoms. The van der Waals surface area contributed by atoms with Crippen molar-refractivity contribution in [2.24, 2.45) is 0 Å². The summed E-state index contributed by atoms with van der Waals surface area (Å²) < 4.78 is 5.44. The lowest BCUT2D eigenvalue weighted by atomic mass is 9.92. The molecule has 156 valence electrons. The number of benzene rings is 2. The van der Waals surface area contributed by atoms with Gasteiger partial charge in [0.05, 0.1) is 16.7 Å². The van der Waals surface area contributed by atoms with Crippen LogP contribution >= 0.6 is 0 Å². The Kier molecular flexibility index (Phi) is 4.70. The second kappa shape index (κ2) is 7.54. The predicted molar refractivity (Wildman–Crippen MR) is 121 cm³/mol. The largest absolute Gasteiger partial charge is 0.361 e. The van der Waals surface area contributed by atoms with Gasteiger partial charge in [-0.25, -0.2) is 4.98 Å². The van der Waals surface area contributed by atoms with Crippen LogP contribution in [0.2, 0.25) is 0 Å². The fraction of sp³-hybridized carbons (Fsp3) is 0.240. The lowest BCUT2D eigenvalue weighted by Crippen LogP contribution is -1.99. The Hall–Kier alpha value is -3.67. The fourth-order valence-corrected chi connectivity index (χ4v) is 4.24. The van der Waals surface area contributed by atoms with Gasteiger partial charge in [-0.2, -0.15) is 0 Å². The van der Waals surface area contributed by atoms with Gasteiger partial charge in [-0.15, -0.1) is 0 Å². The minimum atomic E-state index is 0.524. The van der Waals surface area contributed by atoms with Crippen molar-refractivity contribution in [3.05, 3.63) is 64.9 Å². The summed E-state index contributed by atoms with van der Waals surface area (Å²) in [6.07, 6.45) is 6.62. The van der Waals surface area contributed by atoms with E-state index >= 15 is 0 Å². The van der Waals surface area contributed by atoms with E-state index in [0.29, 0.717) is 12.3 Å². The monoisotopic (exact) mass is 412 g/mol. The number of nitrogens with zero attached hydrogens (tertiary/aromatic N) is 2. The molecular weight excluding hydrogens is 388 g/mol. The highest BCUT2D eigenvalue weighted by atomic mass is 16.5. The minimum Gasteiger partial charge on any atom is -0.361 e. The van der Waals surface area contributed by atoms with Crippen LogP contribution in [0, 0.1) is 20.8 Å². The van der Waals surface area contributed by atoms with Gasteiger partial charge in [0.15, 0.2) is 0 Å². The van der Waals surface area contributed by atoms with E-state index in [1.807, 2.05) is 19.9 Å². The molecule has 0 radical (unpaired) electrons. The van der Waals surface area contributed by atoms with E-state index in [1.54, 1.807) is 6.20 Å². The van der Waals surface area contributed by atoms with Crippen LogP contribution in [0.4, 0.5) is 0 Å². The Bertz CT molecular complexity index is 1310. The van der Waals surface area contributed by atoms with Gasteiger partial charge in [0.1, 0.15) is 11.6 Å². The number of hydrogen-bond donors (Lipinski definition) is 2. The van der Waals surface area contributed by atoms with Crippen molar-refractivity contribution in [2.75, 3.05) is 0 Å². The second-order valence-corrected chi connectivity index (χ2v) is 8.17. The standard InChI is InChI=1S/C25H24N4O2/c1-14-5-4-6-20(19(14)9-10-26-13-30)21-11-18(23-15(2)29-31-16(23)3)12-22-24(21)28-25(27-22)17-7-8-17/h4-6,9-13,17H,7-8H2,1-3H3,(H,26,30)(H,27,28)/b10-9-. The molecule has 2 aromatic carbocycles. The predicted octanol–water partition coefficient (Wildman–Crippen LogP) is 5.40. The van der Waals surface area contributed by atoms with Crippen molar-refractivity contribution in [3.8, 4) is 22.3 Å². The van der Waals surface area contributed by atoms with Crippen LogP contribution in [0.3, 0.4) is 0 Å². The van der Waals surface area contributed by atoms with Gasteiger partial charge >= 0.3 is 0 Å². The van der Waals surface area contributed by atoms with E-state index in [0.717, 1.165) is 61.7 Å². The molecule has 5 rings (SSSR count). The summed E-state index contributed by atoms with van der Waals surface area (Å²) in [7, 11) is 0. The van der Waals surface area contributed by atoms with Gasteiger partial charge in [-0.05, 0) is 74.1 Å². The highest BCUT2D eigenvalue weighted by Gasteiger charge is 2.28. The Morgan fingerprint density at radius 2 is 2.00 bits per heavy atom. The molecular formula is C25H24N4O2. The van der Waals surface area contributed by atoms with E-state index in [2.05, 4.69) is 52.7 Å². The number of fused-ring (bicyclic) bond motifs is 1. The van der Waals surface area contributed by atoms with Crippen LogP contribution in [0.25, 0.3) is 39.4 Å². The SMILES string of the molecule is Cc1cccc(-c2cc(-c3c(C)noc3C)cc3[nH]c(C4CC4)nc23)c1/C=C\NC=O. The number of carbonyl (C=O) groups excluding carboxylic acids is 1. The van der Waals surface area contributed by atoms with Crippen molar-refractivity contribution < 1.29 is 9.32 Å². The van der Waals surface area contributed by atoms with Gasteiger partial charge in [0.25, 0.3) is 0 Å². The lowest BCUT2D eigenvalue weighted by molar-refractivity contribution is -0.108. The molecule has 4 aromatic rings. The van der Waals surface area contributed by atoms with Crippen LogP contribution in [-0.2, 0) is 4.79 Å². The summed E-state index contributed by atoms with van der Waals surface area (Å²) in [6.45, 7) is 5.97. The van der Waals surface area contributed by atoms with Crippen LogP contribution in [0.15, 0.2) is 41.1 Å². The normalized spacial score (nSPS) is 13.9. The Morgan fingerprint density at radius 3 is 2.71 bits per heavy atom. The van der Waals surface area contributed by atoms with Gasteiger partial charge in [0, 0.05) is 23.2 Å². The summed E-state index contributed by atoms with van der Waals surface area (Å²) in [4.78, 5) is 19.3. The third-order valence-electron chi connectivity index (χ3n) is 5.92. The summed E-state index contributed by atoms with van der Waals surface area (Å²) in [5, 5.41) is 6.76.